The van der Waals surface area contributed by atoms with Crippen LogP contribution in [0.1, 0.15) is 58.3 Å². The molecule has 1 N–H and O–H groups in total. The van der Waals surface area contributed by atoms with Gasteiger partial charge in [-0.2, -0.15) is 0 Å². The van der Waals surface area contributed by atoms with Gasteiger partial charge in [0, 0.05) is 17.9 Å². The standard InChI is InChI=1S/C20H28O3/c1-2-3-4-5-6-10-13-18-17(15-16-19(18)21)12-9-7-8-11-14-20(22)23/h3-4,7,9,13,15-17H,2,5-6,8,10-12,14H2,1H3,(H,22,23)/b4-3-,9-7-,18-13+/t17-/m0/s1. The molecule has 1 aliphatic rings. The summed E-state index contributed by atoms with van der Waals surface area (Å²) >= 11 is 0. The highest BCUT2D eigenvalue weighted by Gasteiger charge is 2.21. The average molecular weight is 316 g/mol. The third-order valence-corrected chi connectivity index (χ3v) is 3.82. The van der Waals surface area contributed by atoms with E-state index in [4.69, 9.17) is 5.11 Å². The van der Waals surface area contributed by atoms with Gasteiger partial charge >= 0.3 is 5.97 Å². The van der Waals surface area contributed by atoms with Crippen LogP contribution in [-0.2, 0) is 9.59 Å². The molecule has 0 spiro atoms. The predicted octanol–water partition coefficient (Wildman–Crippen LogP) is 5.01. The third kappa shape index (κ3) is 8.34. The highest BCUT2D eigenvalue weighted by molar-refractivity contribution is 6.07. The van der Waals surface area contributed by atoms with E-state index in [1.54, 1.807) is 6.08 Å². The lowest BCUT2D eigenvalue weighted by atomic mass is 9.96. The number of hydrogen-bond donors (Lipinski definition) is 1. The van der Waals surface area contributed by atoms with E-state index in [-0.39, 0.29) is 18.1 Å². The zero-order chi connectivity index (χ0) is 16.9. The highest BCUT2D eigenvalue weighted by Crippen LogP contribution is 2.26. The van der Waals surface area contributed by atoms with Crippen LogP contribution in [0.4, 0.5) is 0 Å². The second kappa shape index (κ2) is 11.6. The fourth-order valence-electron chi connectivity index (χ4n) is 2.55. The van der Waals surface area contributed by atoms with Crippen LogP contribution in [0.3, 0.4) is 0 Å². The number of carbonyl (C=O) groups is 2. The van der Waals surface area contributed by atoms with Gasteiger partial charge in [-0.05, 0) is 51.0 Å². The molecule has 0 radical (unpaired) electrons. The smallest absolute Gasteiger partial charge is 0.303 e. The van der Waals surface area contributed by atoms with Crippen LogP contribution in [0.5, 0.6) is 0 Å². The lowest BCUT2D eigenvalue weighted by Crippen LogP contribution is -2.02. The Bertz CT molecular complexity index is 495. The van der Waals surface area contributed by atoms with E-state index >= 15 is 0 Å². The SMILES string of the molecule is CC/C=C\CCC/C=C1/C(=O)C=C[C@@H]1C/C=C\CCCC(=O)O. The number of hydrogen-bond acceptors (Lipinski definition) is 2. The summed E-state index contributed by atoms with van der Waals surface area (Å²) in [6, 6.07) is 0. The summed E-state index contributed by atoms with van der Waals surface area (Å²) in [5, 5.41) is 8.57. The van der Waals surface area contributed by atoms with Crippen molar-refractivity contribution in [3.05, 3.63) is 48.1 Å². The number of unbranched alkanes of at least 4 members (excludes halogenated alkanes) is 3. The van der Waals surface area contributed by atoms with Crippen molar-refractivity contribution >= 4 is 11.8 Å². The van der Waals surface area contributed by atoms with E-state index in [9.17, 15) is 9.59 Å². The van der Waals surface area contributed by atoms with Crippen molar-refractivity contribution < 1.29 is 14.7 Å². The molecule has 3 nitrogen and oxygen atoms in total. The van der Waals surface area contributed by atoms with E-state index in [1.165, 1.54) is 0 Å². The highest BCUT2D eigenvalue weighted by atomic mass is 16.4. The maximum atomic E-state index is 11.9. The summed E-state index contributed by atoms with van der Waals surface area (Å²) in [7, 11) is 0. The minimum atomic E-state index is -0.748. The van der Waals surface area contributed by atoms with E-state index in [2.05, 4.69) is 31.2 Å². The van der Waals surface area contributed by atoms with Gasteiger partial charge in [0.15, 0.2) is 5.78 Å². The molecule has 0 aromatic rings. The first-order chi connectivity index (χ1) is 11.1. The number of carboxylic acids is 1. The first-order valence-electron chi connectivity index (χ1n) is 8.59. The van der Waals surface area contributed by atoms with Crippen molar-refractivity contribution in [2.45, 2.75) is 58.3 Å². The second-order valence-electron chi connectivity index (χ2n) is 5.79. The van der Waals surface area contributed by atoms with Gasteiger partial charge in [0.2, 0.25) is 0 Å². The molecule has 23 heavy (non-hydrogen) atoms. The predicted molar refractivity (Wildman–Crippen MR) is 94.2 cm³/mol. The Hall–Kier alpha value is -1.90. The van der Waals surface area contributed by atoms with E-state index in [0.717, 1.165) is 44.1 Å². The molecule has 0 amide bonds. The molecule has 0 bridgehead atoms. The Balaban J connectivity index is 2.34. The zero-order valence-corrected chi connectivity index (χ0v) is 14.0. The molecular formula is C20H28O3. The average Bonchev–Trinajstić information content (AvgIpc) is 2.86. The molecule has 0 fully saturated rings. The lowest BCUT2D eigenvalue weighted by molar-refractivity contribution is -0.137. The van der Waals surface area contributed by atoms with E-state index in [0.29, 0.717) is 6.42 Å². The Kier molecular flexibility index (Phi) is 9.69. The molecule has 0 saturated carbocycles. The number of aliphatic carboxylic acids is 1. The van der Waals surface area contributed by atoms with Crippen molar-refractivity contribution in [3.8, 4) is 0 Å². The first-order valence-corrected chi connectivity index (χ1v) is 8.59. The van der Waals surface area contributed by atoms with Gasteiger partial charge in [0.05, 0.1) is 0 Å². The molecule has 3 heteroatoms. The molecule has 0 unspecified atom stereocenters. The van der Waals surface area contributed by atoms with E-state index in [1.807, 2.05) is 12.2 Å². The van der Waals surface area contributed by atoms with Gasteiger partial charge in [0.1, 0.15) is 0 Å². The van der Waals surface area contributed by atoms with Gasteiger partial charge in [-0.15, -0.1) is 0 Å². The fourth-order valence-corrected chi connectivity index (χ4v) is 2.55. The largest absolute Gasteiger partial charge is 0.481 e. The zero-order valence-electron chi connectivity index (χ0n) is 14.0. The number of allylic oxidation sites excluding steroid dienone is 8. The molecule has 0 heterocycles. The topological polar surface area (TPSA) is 54.4 Å². The quantitative estimate of drug-likeness (QED) is 0.331. The summed E-state index contributed by atoms with van der Waals surface area (Å²) < 4.78 is 0. The van der Waals surface area contributed by atoms with Crippen LogP contribution in [0.15, 0.2) is 48.1 Å². The summed E-state index contributed by atoms with van der Waals surface area (Å²) in [6.07, 6.45) is 20.8. The number of ketones is 1. The normalized spacial score (nSPS) is 19.6. The van der Waals surface area contributed by atoms with Crippen molar-refractivity contribution in [2.24, 2.45) is 5.92 Å². The van der Waals surface area contributed by atoms with Crippen LogP contribution in [0.25, 0.3) is 0 Å². The first kappa shape index (κ1) is 19.1. The van der Waals surface area contributed by atoms with Crippen molar-refractivity contribution in [1.29, 1.82) is 0 Å². The van der Waals surface area contributed by atoms with Gasteiger partial charge in [-0.25, -0.2) is 0 Å². The van der Waals surface area contributed by atoms with Crippen LogP contribution in [-0.4, -0.2) is 16.9 Å². The van der Waals surface area contributed by atoms with E-state index < -0.39 is 5.97 Å². The Morgan fingerprint density at radius 1 is 1.13 bits per heavy atom. The molecular weight excluding hydrogens is 288 g/mol. The molecule has 1 atom stereocenters. The Labute approximate surface area is 139 Å². The maximum absolute atomic E-state index is 11.9. The number of rotatable bonds is 11. The molecule has 1 aliphatic carbocycles. The third-order valence-electron chi connectivity index (χ3n) is 3.82. The number of carboxylic acid groups (broad SMARTS) is 1. The monoisotopic (exact) mass is 316 g/mol. The molecule has 1 rings (SSSR count). The Morgan fingerprint density at radius 2 is 1.87 bits per heavy atom. The maximum Gasteiger partial charge on any atom is 0.303 e. The summed E-state index contributed by atoms with van der Waals surface area (Å²) in [4.78, 5) is 22.3. The van der Waals surface area contributed by atoms with Gasteiger partial charge < -0.3 is 5.11 Å². The Morgan fingerprint density at radius 3 is 2.61 bits per heavy atom. The summed E-state index contributed by atoms with van der Waals surface area (Å²) in [5.41, 5.74) is 0.916. The lowest BCUT2D eigenvalue weighted by Gasteiger charge is -2.07. The fraction of sp³-hybridized carbons (Fsp3) is 0.500. The van der Waals surface area contributed by atoms with Gasteiger partial charge in [-0.3, -0.25) is 9.59 Å². The number of carbonyl (C=O) groups excluding carboxylic acids is 1. The van der Waals surface area contributed by atoms with Crippen molar-refractivity contribution in [3.63, 3.8) is 0 Å². The molecule has 0 aromatic carbocycles. The van der Waals surface area contributed by atoms with Crippen molar-refractivity contribution in [1.82, 2.24) is 0 Å². The van der Waals surface area contributed by atoms with Crippen LogP contribution in [0, 0.1) is 5.92 Å². The summed E-state index contributed by atoms with van der Waals surface area (Å²) in [5.74, 6) is -0.426. The molecule has 0 aromatic heterocycles. The molecule has 0 saturated heterocycles. The van der Waals surface area contributed by atoms with Gasteiger partial charge in [0.25, 0.3) is 0 Å². The molecule has 126 valence electrons. The minimum absolute atomic E-state index is 0.137. The van der Waals surface area contributed by atoms with Gasteiger partial charge in [-0.1, -0.05) is 43.4 Å². The minimum Gasteiger partial charge on any atom is -0.481 e. The summed E-state index contributed by atoms with van der Waals surface area (Å²) in [6.45, 7) is 2.13. The second-order valence-corrected chi connectivity index (χ2v) is 5.79. The van der Waals surface area contributed by atoms with Crippen molar-refractivity contribution in [2.75, 3.05) is 0 Å². The van der Waals surface area contributed by atoms with Crippen LogP contribution >= 0.6 is 0 Å². The van der Waals surface area contributed by atoms with Crippen LogP contribution < -0.4 is 0 Å². The van der Waals surface area contributed by atoms with Crippen LogP contribution in [0.2, 0.25) is 0 Å². The molecule has 0 aliphatic heterocycles.